The molecule has 16 heavy (non-hydrogen) atoms. The van der Waals surface area contributed by atoms with Gasteiger partial charge in [-0.2, -0.15) is 0 Å². The van der Waals surface area contributed by atoms with Gasteiger partial charge in [-0.05, 0) is 19.3 Å². The van der Waals surface area contributed by atoms with E-state index in [1.807, 2.05) is 0 Å². The molecule has 1 N–H and O–H groups in total. The highest BCUT2D eigenvalue weighted by molar-refractivity contribution is 6.30. The van der Waals surface area contributed by atoms with Gasteiger partial charge in [-0.3, -0.25) is 0 Å². The summed E-state index contributed by atoms with van der Waals surface area (Å²) >= 11 is 6.10. The number of hydrogen-bond acceptors (Lipinski definition) is 3. The van der Waals surface area contributed by atoms with Gasteiger partial charge in [0.05, 0.1) is 0 Å². The minimum atomic E-state index is 0.571. The number of nitrogens with one attached hydrogen (secondary N) is 1. The molecule has 2 rings (SSSR count). The molecule has 1 heterocycles. The van der Waals surface area contributed by atoms with Crippen LogP contribution in [0, 0.1) is 0 Å². The predicted molar refractivity (Wildman–Crippen MR) is 66.9 cm³/mol. The molecule has 0 spiro atoms. The molecule has 4 heteroatoms. The number of rotatable bonds is 4. The van der Waals surface area contributed by atoms with E-state index >= 15 is 0 Å². The van der Waals surface area contributed by atoms with Crippen molar-refractivity contribution in [1.82, 2.24) is 9.97 Å². The Morgan fingerprint density at radius 1 is 1.38 bits per heavy atom. The molecule has 0 atom stereocenters. The fourth-order valence-corrected chi connectivity index (χ4v) is 2.48. The summed E-state index contributed by atoms with van der Waals surface area (Å²) in [5.74, 6) is 0.939. The van der Waals surface area contributed by atoms with Gasteiger partial charge in [0.25, 0.3) is 0 Å². The van der Waals surface area contributed by atoms with Gasteiger partial charge < -0.3 is 5.32 Å². The Hall–Kier alpha value is -0.830. The van der Waals surface area contributed by atoms with Crippen molar-refractivity contribution in [2.24, 2.45) is 0 Å². The molecule has 0 aromatic carbocycles. The lowest BCUT2D eigenvalue weighted by Gasteiger charge is -2.16. The second-order valence-electron chi connectivity index (χ2n) is 4.37. The second-order valence-corrected chi connectivity index (χ2v) is 4.73. The summed E-state index contributed by atoms with van der Waals surface area (Å²) in [6.45, 7) is 2.14. The Morgan fingerprint density at radius 3 is 2.81 bits per heavy atom. The minimum absolute atomic E-state index is 0.571. The SMILES string of the molecule is CCCc1c(Cl)ncnc1NC1CCCC1. The monoisotopic (exact) mass is 239 g/mol. The van der Waals surface area contributed by atoms with Crippen LogP contribution in [0.3, 0.4) is 0 Å². The summed E-state index contributed by atoms with van der Waals surface area (Å²) in [6, 6.07) is 0.571. The molecule has 0 bridgehead atoms. The maximum atomic E-state index is 6.10. The van der Waals surface area contributed by atoms with Gasteiger partial charge in [0.2, 0.25) is 0 Å². The third-order valence-electron chi connectivity index (χ3n) is 3.09. The zero-order chi connectivity index (χ0) is 11.4. The summed E-state index contributed by atoms with van der Waals surface area (Å²) in [4.78, 5) is 8.36. The molecule has 1 aliphatic rings. The van der Waals surface area contributed by atoms with Crippen LogP contribution in [0.15, 0.2) is 6.33 Å². The Kier molecular flexibility index (Phi) is 3.99. The van der Waals surface area contributed by atoms with Crippen LogP contribution in [0.1, 0.15) is 44.6 Å². The number of aromatic nitrogens is 2. The number of nitrogens with zero attached hydrogens (tertiary/aromatic N) is 2. The van der Waals surface area contributed by atoms with Crippen LogP contribution >= 0.6 is 11.6 Å². The van der Waals surface area contributed by atoms with Gasteiger partial charge in [-0.1, -0.05) is 37.8 Å². The Balaban J connectivity index is 2.14. The van der Waals surface area contributed by atoms with Crippen molar-refractivity contribution in [1.29, 1.82) is 0 Å². The van der Waals surface area contributed by atoms with Gasteiger partial charge in [0.15, 0.2) is 0 Å². The third kappa shape index (κ3) is 2.64. The van der Waals surface area contributed by atoms with E-state index in [9.17, 15) is 0 Å². The molecule has 0 radical (unpaired) electrons. The number of halogens is 1. The maximum Gasteiger partial charge on any atom is 0.137 e. The van der Waals surface area contributed by atoms with Crippen molar-refractivity contribution in [3.05, 3.63) is 17.0 Å². The molecule has 1 aromatic rings. The van der Waals surface area contributed by atoms with Crippen LogP contribution in [0.4, 0.5) is 5.82 Å². The van der Waals surface area contributed by atoms with E-state index in [4.69, 9.17) is 11.6 Å². The van der Waals surface area contributed by atoms with E-state index in [2.05, 4.69) is 22.2 Å². The Labute approximate surface area is 102 Å². The highest BCUT2D eigenvalue weighted by atomic mass is 35.5. The van der Waals surface area contributed by atoms with Crippen molar-refractivity contribution in [3.8, 4) is 0 Å². The topological polar surface area (TPSA) is 37.8 Å². The molecule has 0 amide bonds. The molecule has 0 saturated heterocycles. The zero-order valence-electron chi connectivity index (χ0n) is 9.67. The van der Waals surface area contributed by atoms with E-state index in [1.165, 1.54) is 25.7 Å². The fraction of sp³-hybridized carbons (Fsp3) is 0.667. The van der Waals surface area contributed by atoms with Crippen molar-refractivity contribution in [2.45, 2.75) is 51.5 Å². The first-order valence-electron chi connectivity index (χ1n) is 6.07. The van der Waals surface area contributed by atoms with Crippen molar-refractivity contribution >= 4 is 17.4 Å². The minimum Gasteiger partial charge on any atom is -0.367 e. The van der Waals surface area contributed by atoms with Crippen LogP contribution in [-0.2, 0) is 6.42 Å². The van der Waals surface area contributed by atoms with Crippen LogP contribution in [0.25, 0.3) is 0 Å². The molecule has 1 aliphatic carbocycles. The first-order valence-corrected chi connectivity index (χ1v) is 6.45. The van der Waals surface area contributed by atoms with Gasteiger partial charge in [-0.15, -0.1) is 0 Å². The summed E-state index contributed by atoms with van der Waals surface area (Å²) in [5.41, 5.74) is 1.07. The highest BCUT2D eigenvalue weighted by Crippen LogP contribution is 2.26. The van der Waals surface area contributed by atoms with Gasteiger partial charge in [0, 0.05) is 11.6 Å². The van der Waals surface area contributed by atoms with E-state index in [0.717, 1.165) is 24.2 Å². The second kappa shape index (κ2) is 5.48. The average Bonchev–Trinajstić information content (AvgIpc) is 2.76. The average molecular weight is 240 g/mol. The zero-order valence-corrected chi connectivity index (χ0v) is 10.4. The molecule has 88 valence electrons. The summed E-state index contributed by atoms with van der Waals surface area (Å²) in [6.07, 6.45) is 8.67. The van der Waals surface area contributed by atoms with Gasteiger partial charge in [0.1, 0.15) is 17.3 Å². The first kappa shape index (κ1) is 11.6. The Bertz CT molecular complexity index is 348. The number of hydrogen-bond donors (Lipinski definition) is 1. The highest BCUT2D eigenvalue weighted by Gasteiger charge is 2.17. The third-order valence-corrected chi connectivity index (χ3v) is 3.41. The molecule has 1 aromatic heterocycles. The summed E-state index contributed by atoms with van der Waals surface area (Å²) < 4.78 is 0. The molecule has 0 aliphatic heterocycles. The largest absolute Gasteiger partial charge is 0.367 e. The molecular weight excluding hydrogens is 222 g/mol. The van der Waals surface area contributed by atoms with Crippen LogP contribution in [0.2, 0.25) is 5.15 Å². The molecule has 1 fully saturated rings. The normalized spacial score (nSPS) is 16.6. The van der Waals surface area contributed by atoms with Crippen LogP contribution in [0.5, 0.6) is 0 Å². The lowest BCUT2D eigenvalue weighted by atomic mass is 10.1. The maximum absolute atomic E-state index is 6.10. The van der Waals surface area contributed by atoms with E-state index in [1.54, 1.807) is 6.33 Å². The van der Waals surface area contributed by atoms with Crippen LogP contribution in [-0.4, -0.2) is 16.0 Å². The van der Waals surface area contributed by atoms with E-state index in [-0.39, 0.29) is 0 Å². The standard InChI is InChI=1S/C12H18ClN3/c1-2-5-10-11(13)14-8-15-12(10)16-9-6-3-4-7-9/h8-9H,2-7H2,1H3,(H,14,15,16). The number of anilines is 1. The van der Waals surface area contributed by atoms with Crippen LogP contribution < -0.4 is 5.32 Å². The van der Waals surface area contributed by atoms with Crippen molar-refractivity contribution in [3.63, 3.8) is 0 Å². The Morgan fingerprint density at radius 2 is 2.12 bits per heavy atom. The van der Waals surface area contributed by atoms with E-state index in [0.29, 0.717) is 11.2 Å². The summed E-state index contributed by atoms with van der Waals surface area (Å²) in [5, 5.41) is 4.09. The first-order chi connectivity index (χ1) is 7.81. The lowest BCUT2D eigenvalue weighted by molar-refractivity contribution is 0.744. The smallest absolute Gasteiger partial charge is 0.137 e. The van der Waals surface area contributed by atoms with Crippen molar-refractivity contribution < 1.29 is 0 Å². The molecular formula is C12H18ClN3. The quantitative estimate of drug-likeness (QED) is 0.818. The predicted octanol–water partition coefficient (Wildman–Crippen LogP) is 3.44. The van der Waals surface area contributed by atoms with E-state index < -0.39 is 0 Å². The van der Waals surface area contributed by atoms with Gasteiger partial charge in [-0.25, -0.2) is 9.97 Å². The molecule has 3 nitrogen and oxygen atoms in total. The van der Waals surface area contributed by atoms with Crippen molar-refractivity contribution in [2.75, 3.05) is 5.32 Å². The molecule has 1 saturated carbocycles. The van der Waals surface area contributed by atoms with Gasteiger partial charge >= 0.3 is 0 Å². The summed E-state index contributed by atoms with van der Waals surface area (Å²) in [7, 11) is 0. The lowest BCUT2D eigenvalue weighted by Crippen LogP contribution is -2.17. The fourth-order valence-electron chi connectivity index (χ4n) is 2.25. The molecule has 0 unspecified atom stereocenters.